The lowest BCUT2D eigenvalue weighted by Crippen LogP contribution is -2.53. The maximum absolute atomic E-state index is 15.3. The maximum atomic E-state index is 15.3. The largest absolute Gasteiger partial charge is 0.491 e. The number of nitrogens with zero attached hydrogens (tertiary/aromatic N) is 2. The minimum absolute atomic E-state index is 0.112. The summed E-state index contributed by atoms with van der Waals surface area (Å²) in [4.78, 5) is 73.2. The molecule has 0 spiro atoms. The van der Waals surface area contributed by atoms with Crippen molar-refractivity contribution in [3.63, 3.8) is 0 Å². The zero-order valence-corrected chi connectivity index (χ0v) is 29.0. The van der Waals surface area contributed by atoms with Crippen LogP contribution in [0.1, 0.15) is 47.2 Å². The highest BCUT2D eigenvalue weighted by molar-refractivity contribution is 6.32. The number of Topliss-reactive ketones (excluding diaryl/α,β-unsaturated/α-hetero) is 1. The van der Waals surface area contributed by atoms with Crippen molar-refractivity contribution in [2.75, 3.05) is 23.0 Å². The summed E-state index contributed by atoms with van der Waals surface area (Å²) in [6, 6.07) is 29.8. The normalized spacial score (nSPS) is 26.5. The molecule has 4 amide bonds. The zero-order valence-electron chi connectivity index (χ0n) is 28.3. The number of aliphatic hydroxyl groups excluding tert-OH is 1. The van der Waals surface area contributed by atoms with E-state index in [0.717, 1.165) is 11.1 Å². The first-order valence-corrected chi connectivity index (χ1v) is 17.8. The van der Waals surface area contributed by atoms with Crippen molar-refractivity contribution in [2.45, 2.75) is 31.1 Å². The molecule has 4 aromatic carbocycles. The van der Waals surface area contributed by atoms with Crippen LogP contribution in [0.2, 0.25) is 5.02 Å². The van der Waals surface area contributed by atoms with E-state index in [9.17, 15) is 24.3 Å². The number of benzene rings is 4. The number of carbonyl (C=O) groups is 5. The number of allylic oxidation sites excluding steroid dienone is 2. The van der Waals surface area contributed by atoms with Crippen molar-refractivity contribution in [1.29, 1.82) is 0 Å². The summed E-state index contributed by atoms with van der Waals surface area (Å²) in [5.74, 6) is -4.54. The average Bonchev–Trinajstić information content (AvgIpc) is 3.55. The lowest BCUT2D eigenvalue weighted by atomic mass is 9.49. The van der Waals surface area contributed by atoms with Gasteiger partial charge < -0.3 is 9.84 Å². The van der Waals surface area contributed by atoms with Gasteiger partial charge in [-0.05, 0) is 91.4 Å². The molecule has 2 aliphatic carbocycles. The molecule has 2 saturated heterocycles. The van der Waals surface area contributed by atoms with Crippen molar-refractivity contribution in [2.24, 2.45) is 23.7 Å². The SMILES string of the molecule is CC(=O)c1ccc(N2C(=O)C3CC=C4C(CC5C(=O)N(c6cccc(Cl)c6)C(=O)C5(c5ccccc5)C4c4ccc(OCCO)cc4)C3C2=O)cc1. The number of anilines is 2. The van der Waals surface area contributed by atoms with Gasteiger partial charge in [-0.1, -0.05) is 71.8 Å². The molecule has 4 aliphatic rings. The number of halogens is 1. The molecule has 10 heteroatoms. The standard InChI is InChI=1S/C42H35ClN2O7/c1-24(47)25-10-14-29(15-11-25)44-38(48)33-19-18-32-34(36(33)40(44)50)23-35-39(49)45(30-9-5-8-28(43)22-30)41(51)42(35,27-6-3-2-4-7-27)37(32)26-12-16-31(17-13-26)52-21-20-46/h2-18,22,33-37,46H,19-21,23H2,1H3. The third kappa shape index (κ3) is 5.05. The Morgan fingerprint density at radius 1 is 0.827 bits per heavy atom. The second-order valence-electron chi connectivity index (χ2n) is 13.8. The van der Waals surface area contributed by atoms with Crippen LogP contribution >= 0.6 is 11.6 Å². The van der Waals surface area contributed by atoms with Crippen molar-refractivity contribution in [3.05, 3.63) is 136 Å². The van der Waals surface area contributed by atoms with Crippen molar-refractivity contribution >= 4 is 52.4 Å². The third-order valence-electron chi connectivity index (χ3n) is 11.3. The third-order valence-corrected chi connectivity index (χ3v) is 11.5. The van der Waals surface area contributed by atoms with Gasteiger partial charge in [0.1, 0.15) is 12.4 Å². The first-order chi connectivity index (χ1) is 25.2. The zero-order chi connectivity index (χ0) is 36.3. The van der Waals surface area contributed by atoms with Gasteiger partial charge in [-0.3, -0.25) is 28.9 Å². The van der Waals surface area contributed by atoms with E-state index in [-0.39, 0.29) is 49.6 Å². The summed E-state index contributed by atoms with van der Waals surface area (Å²) in [5.41, 5.74) is 2.10. The highest BCUT2D eigenvalue weighted by Gasteiger charge is 2.70. The molecule has 0 bridgehead atoms. The van der Waals surface area contributed by atoms with Crippen LogP contribution in [0.15, 0.2) is 115 Å². The number of carbonyl (C=O) groups excluding carboxylic acids is 5. The number of hydrogen-bond donors (Lipinski definition) is 1. The monoisotopic (exact) mass is 714 g/mol. The summed E-state index contributed by atoms with van der Waals surface area (Å²) in [5, 5.41) is 9.70. The summed E-state index contributed by atoms with van der Waals surface area (Å²) >= 11 is 6.40. The van der Waals surface area contributed by atoms with Crippen LogP contribution < -0.4 is 14.5 Å². The fraction of sp³-hybridized carbons (Fsp3) is 0.262. The molecule has 6 atom stereocenters. The second-order valence-corrected chi connectivity index (χ2v) is 14.3. The molecule has 0 aromatic heterocycles. The Morgan fingerprint density at radius 3 is 2.23 bits per heavy atom. The van der Waals surface area contributed by atoms with Crippen LogP contribution in [0.25, 0.3) is 0 Å². The van der Waals surface area contributed by atoms with E-state index in [2.05, 4.69) is 0 Å². The Bertz CT molecular complexity index is 2150. The van der Waals surface area contributed by atoms with Gasteiger partial charge in [-0.15, -0.1) is 0 Å². The quantitative estimate of drug-likeness (QED) is 0.130. The molecule has 3 fully saturated rings. The molecule has 2 heterocycles. The van der Waals surface area contributed by atoms with E-state index in [1.165, 1.54) is 16.7 Å². The molecular weight excluding hydrogens is 680 g/mol. The van der Waals surface area contributed by atoms with Crippen molar-refractivity contribution in [3.8, 4) is 5.75 Å². The number of amides is 4. The average molecular weight is 715 g/mol. The lowest BCUT2D eigenvalue weighted by Gasteiger charge is -2.50. The van der Waals surface area contributed by atoms with Crippen LogP contribution in [0.4, 0.5) is 11.4 Å². The fourth-order valence-electron chi connectivity index (χ4n) is 9.14. The Kier molecular flexibility index (Phi) is 8.43. The van der Waals surface area contributed by atoms with Gasteiger partial charge in [-0.25, -0.2) is 4.90 Å². The molecule has 52 heavy (non-hydrogen) atoms. The van der Waals surface area contributed by atoms with E-state index in [1.807, 2.05) is 48.5 Å². The molecule has 6 unspecified atom stereocenters. The summed E-state index contributed by atoms with van der Waals surface area (Å²) in [6.45, 7) is 1.41. The van der Waals surface area contributed by atoms with Crippen molar-refractivity contribution in [1.82, 2.24) is 0 Å². The minimum atomic E-state index is -1.39. The van der Waals surface area contributed by atoms with Crippen LogP contribution in [-0.4, -0.2) is 47.7 Å². The number of ketones is 1. The highest BCUT2D eigenvalue weighted by atomic mass is 35.5. The number of fused-ring (bicyclic) bond motifs is 4. The first-order valence-electron chi connectivity index (χ1n) is 17.4. The number of hydrogen-bond acceptors (Lipinski definition) is 7. The molecule has 0 radical (unpaired) electrons. The van der Waals surface area contributed by atoms with E-state index in [1.54, 1.807) is 60.7 Å². The predicted octanol–water partition coefficient (Wildman–Crippen LogP) is 6.28. The van der Waals surface area contributed by atoms with Gasteiger partial charge in [-0.2, -0.15) is 0 Å². The molecule has 4 aromatic rings. The van der Waals surface area contributed by atoms with E-state index < -0.39 is 40.9 Å². The number of imide groups is 2. The second kappa shape index (κ2) is 13.0. The molecule has 8 rings (SSSR count). The minimum Gasteiger partial charge on any atom is -0.491 e. The van der Waals surface area contributed by atoms with E-state index >= 15 is 4.79 Å². The number of rotatable bonds is 8. The molecule has 9 nitrogen and oxygen atoms in total. The van der Waals surface area contributed by atoms with Gasteiger partial charge in [0, 0.05) is 16.5 Å². The smallest absolute Gasteiger partial charge is 0.246 e. The van der Waals surface area contributed by atoms with E-state index in [0.29, 0.717) is 33.3 Å². The Labute approximate surface area is 305 Å². The lowest BCUT2D eigenvalue weighted by molar-refractivity contribution is -0.127. The topological polar surface area (TPSA) is 121 Å². The number of aliphatic hydroxyl groups is 1. The van der Waals surface area contributed by atoms with Gasteiger partial charge in [0.25, 0.3) is 0 Å². The Morgan fingerprint density at radius 2 is 1.56 bits per heavy atom. The molecule has 2 aliphatic heterocycles. The first kappa shape index (κ1) is 33.7. The molecular formula is C42H35ClN2O7. The highest BCUT2D eigenvalue weighted by Crippen LogP contribution is 2.64. The van der Waals surface area contributed by atoms with Crippen molar-refractivity contribution < 1.29 is 33.8 Å². The summed E-state index contributed by atoms with van der Waals surface area (Å²) < 4.78 is 5.67. The molecule has 1 N–H and O–H groups in total. The van der Waals surface area contributed by atoms with Crippen LogP contribution in [0.5, 0.6) is 5.75 Å². The fourth-order valence-corrected chi connectivity index (χ4v) is 9.32. The Hall–Kier alpha value is -5.38. The van der Waals surface area contributed by atoms with Crippen LogP contribution in [0.3, 0.4) is 0 Å². The van der Waals surface area contributed by atoms with Crippen LogP contribution in [-0.2, 0) is 24.6 Å². The van der Waals surface area contributed by atoms with Gasteiger partial charge in [0.05, 0.1) is 41.2 Å². The van der Waals surface area contributed by atoms with Crippen LogP contribution in [0, 0.1) is 23.7 Å². The number of ether oxygens (including phenoxy) is 1. The molecule has 262 valence electrons. The predicted molar refractivity (Wildman–Crippen MR) is 194 cm³/mol. The van der Waals surface area contributed by atoms with Gasteiger partial charge in [0.2, 0.25) is 23.6 Å². The molecule has 1 saturated carbocycles. The van der Waals surface area contributed by atoms with E-state index in [4.69, 9.17) is 16.3 Å². The van der Waals surface area contributed by atoms with Gasteiger partial charge in [0.15, 0.2) is 5.78 Å². The Balaban J connectivity index is 1.30. The summed E-state index contributed by atoms with van der Waals surface area (Å²) in [7, 11) is 0. The summed E-state index contributed by atoms with van der Waals surface area (Å²) in [6.07, 6.45) is 2.47. The van der Waals surface area contributed by atoms with Gasteiger partial charge >= 0.3 is 0 Å². The maximum Gasteiger partial charge on any atom is 0.246 e.